The van der Waals surface area contributed by atoms with Gasteiger partial charge in [-0.3, -0.25) is 4.79 Å². The third-order valence-corrected chi connectivity index (χ3v) is 6.23. The van der Waals surface area contributed by atoms with Crippen LogP contribution in [0.4, 0.5) is 0 Å². The summed E-state index contributed by atoms with van der Waals surface area (Å²) in [5, 5.41) is 0. The highest BCUT2D eigenvalue weighted by atomic mass is 79.9. The summed E-state index contributed by atoms with van der Waals surface area (Å²) < 4.78 is 1.09. The lowest BCUT2D eigenvalue weighted by Gasteiger charge is -2.13. The fourth-order valence-corrected chi connectivity index (χ4v) is 4.76. The summed E-state index contributed by atoms with van der Waals surface area (Å²) >= 11 is 6.91. The van der Waals surface area contributed by atoms with E-state index in [9.17, 15) is 4.79 Å². The van der Waals surface area contributed by atoms with E-state index < -0.39 is 0 Å². The van der Waals surface area contributed by atoms with Crippen molar-refractivity contribution in [1.82, 2.24) is 0 Å². The Bertz CT molecular complexity index is 349. The van der Waals surface area contributed by atoms with E-state index in [1.165, 1.54) is 41.9 Å². The zero-order chi connectivity index (χ0) is 12.7. The Kier molecular flexibility index (Phi) is 7.47. The number of carbonyl (C=O) groups excluding carboxylic acids is 1. The molecule has 0 amide bonds. The van der Waals surface area contributed by atoms with Crippen molar-refractivity contribution in [3.8, 4) is 0 Å². The van der Waals surface area contributed by atoms with E-state index in [1.807, 2.05) is 17.8 Å². The molecular weight excluding hydrogens is 316 g/mol. The fourth-order valence-electron chi connectivity index (χ4n) is 1.63. The summed E-state index contributed by atoms with van der Waals surface area (Å²) in [5.41, 5.74) is 0. The van der Waals surface area contributed by atoms with Crippen molar-refractivity contribution in [2.45, 2.75) is 44.4 Å². The van der Waals surface area contributed by atoms with E-state index >= 15 is 0 Å². The van der Waals surface area contributed by atoms with Crippen LogP contribution in [0.5, 0.6) is 0 Å². The number of hydrogen-bond acceptors (Lipinski definition) is 3. The topological polar surface area (TPSA) is 17.1 Å². The standard InChI is InChI=1S/C13H19BrOS2/c1-3-5-6-10(4-2)9-16-12-7-11(8-15)17-13(12)14/h7-8,10H,3-6,9H2,1-2H3. The molecule has 0 saturated carbocycles. The predicted molar refractivity (Wildman–Crippen MR) is 81.4 cm³/mol. The minimum Gasteiger partial charge on any atom is -0.297 e. The van der Waals surface area contributed by atoms with Crippen LogP contribution in [0.15, 0.2) is 14.7 Å². The molecule has 0 bridgehead atoms. The minimum atomic E-state index is 0.798. The second-order valence-electron chi connectivity index (χ2n) is 4.13. The molecule has 1 aromatic rings. The van der Waals surface area contributed by atoms with Gasteiger partial charge in [0.05, 0.1) is 8.66 Å². The van der Waals surface area contributed by atoms with Crippen molar-refractivity contribution in [2.75, 3.05) is 5.75 Å². The molecule has 0 saturated heterocycles. The lowest BCUT2D eigenvalue weighted by Crippen LogP contribution is -2.01. The Hall–Kier alpha value is 0.200. The van der Waals surface area contributed by atoms with Crippen LogP contribution in [0.1, 0.15) is 49.2 Å². The van der Waals surface area contributed by atoms with Crippen LogP contribution in [0.2, 0.25) is 0 Å². The van der Waals surface area contributed by atoms with E-state index in [-0.39, 0.29) is 0 Å². The smallest absolute Gasteiger partial charge is 0.160 e. The Morgan fingerprint density at radius 3 is 2.82 bits per heavy atom. The summed E-state index contributed by atoms with van der Waals surface area (Å²) in [7, 11) is 0. The lowest BCUT2D eigenvalue weighted by atomic mass is 10.0. The van der Waals surface area contributed by atoms with Crippen molar-refractivity contribution in [3.63, 3.8) is 0 Å². The first kappa shape index (κ1) is 15.3. The molecule has 17 heavy (non-hydrogen) atoms. The molecule has 0 aliphatic heterocycles. The van der Waals surface area contributed by atoms with Gasteiger partial charge in [0.25, 0.3) is 0 Å². The van der Waals surface area contributed by atoms with E-state index in [1.54, 1.807) is 0 Å². The van der Waals surface area contributed by atoms with Gasteiger partial charge in [-0.1, -0.05) is 33.1 Å². The second-order valence-corrected chi connectivity index (χ2v) is 7.60. The Balaban J connectivity index is 2.47. The van der Waals surface area contributed by atoms with Crippen LogP contribution in [0.3, 0.4) is 0 Å². The van der Waals surface area contributed by atoms with Gasteiger partial charge in [0.2, 0.25) is 0 Å². The number of halogens is 1. The summed E-state index contributed by atoms with van der Waals surface area (Å²) in [4.78, 5) is 12.7. The minimum absolute atomic E-state index is 0.798. The Morgan fingerprint density at radius 1 is 1.53 bits per heavy atom. The molecule has 1 nitrogen and oxygen atoms in total. The molecule has 0 N–H and O–H groups in total. The molecule has 0 fully saturated rings. The van der Waals surface area contributed by atoms with Gasteiger partial charge < -0.3 is 0 Å². The van der Waals surface area contributed by atoms with Crippen molar-refractivity contribution in [2.24, 2.45) is 5.92 Å². The third-order valence-electron chi connectivity index (χ3n) is 2.81. The third kappa shape index (κ3) is 5.14. The molecule has 1 unspecified atom stereocenters. The summed E-state index contributed by atoms with van der Waals surface area (Å²) in [5.74, 6) is 1.95. The van der Waals surface area contributed by atoms with Crippen LogP contribution in [-0.2, 0) is 0 Å². The van der Waals surface area contributed by atoms with E-state index in [4.69, 9.17) is 0 Å². The number of rotatable bonds is 8. The van der Waals surface area contributed by atoms with Gasteiger partial charge in [-0.25, -0.2) is 0 Å². The number of thiophene rings is 1. The van der Waals surface area contributed by atoms with Gasteiger partial charge in [-0.15, -0.1) is 23.1 Å². The molecule has 96 valence electrons. The first-order chi connectivity index (χ1) is 8.21. The van der Waals surface area contributed by atoms with Crippen LogP contribution in [0, 0.1) is 5.92 Å². The molecule has 0 aromatic carbocycles. The van der Waals surface area contributed by atoms with Gasteiger partial charge in [0, 0.05) is 10.6 Å². The summed E-state index contributed by atoms with van der Waals surface area (Å²) in [6.45, 7) is 4.51. The number of thioether (sulfide) groups is 1. The SMILES string of the molecule is CCCCC(CC)CSc1cc(C=O)sc1Br. The number of aldehydes is 1. The molecule has 0 radical (unpaired) electrons. The van der Waals surface area contributed by atoms with Gasteiger partial charge in [-0.2, -0.15) is 0 Å². The van der Waals surface area contributed by atoms with Crippen LogP contribution >= 0.6 is 39.0 Å². The number of unbranched alkanes of at least 4 members (excludes halogenated alkanes) is 1. The summed E-state index contributed by atoms with van der Waals surface area (Å²) in [6, 6.07) is 1.99. The normalized spacial score (nSPS) is 12.6. The molecule has 1 atom stereocenters. The molecule has 1 heterocycles. The molecule has 4 heteroatoms. The largest absolute Gasteiger partial charge is 0.297 e. The van der Waals surface area contributed by atoms with Gasteiger partial charge in [0.15, 0.2) is 6.29 Å². The van der Waals surface area contributed by atoms with Crippen LogP contribution in [0.25, 0.3) is 0 Å². The van der Waals surface area contributed by atoms with Crippen LogP contribution < -0.4 is 0 Å². The first-order valence-corrected chi connectivity index (χ1v) is 8.68. The predicted octanol–water partition coefficient (Wildman–Crippen LogP) is 5.63. The van der Waals surface area contributed by atoms with Crippen molar-refractivity contribution in [1.29, 1.82) is 0 Å². The average Bonchev–Trinajstić information content (AvgIpc) is 2.70. The maximum Gasteiger partial charge on any atom is 0.160 e. The zero-order valence-corrected chi connectivity index (χ0v) is 13.6. The maximum absolute atomic E-state index is 10.7. The van der Waals surface area contributed by atoms with Crippen molar-refractivity contribution in [3.05, 3.63) is 14.7 Å². The lowest BCUT2D eigenvalue weighted by molar-refractivity contribution is 0.112. The molecule has 0 aliphatic rings. The molecule has 0 aliphatic carbocycles. The van der Waals surface area contributed by atoms with Crippen molar-refractivity contribution < 1.29 is 4.79 Å². The monoisotopic (exact) mass is 334 g/mol. The highest BCUT2D eigenvalue weighted by Crippen LogP contribution is 2.36. The molecular formula is C13H19BrOS2. The first-order valence-electron chi connectivity index (χ1n) is 6.08. The van der Waals surface area contributed by atoms with E-state index in [2.05, 4.69) is 29.8 Å². The molecule has 1 aromatic heterocycles. The maximum atomic E-state index is 10.7. The van der Waals surface area contributed by atoms with Crippen LogP contribution in [-0.4, -0.2) is 12.0 Å². The number of hydrogen-bond donors (Lipinski definition) is 0. The van der Waals surface area contributed by atoms with Gasteiger partial charge >= 0.3 is 0 Å². The Morgan fingerprint density at radius 2 is 2.29 bits per heavy atom. The summed E-state index contributed by atoms with van der Waals surface area (Å²) in [6.07, 6.45) is 6.09. The molecule has 0 spiro atoms. The average molecular weight is 335 g/mol. The fraction of sp³-hybridized carbons (Fsp3) is 0.615. The quantitative estimate of drug-likeness (QED) is 0.452. The highest BCUT2D eigenvalue weighted by Gasteiger charge is 2.11. The second kappa shape index (κ2) is 8.33. The van der Waals surface area contributed by atoms with E-state index in [0.29, 0.717) is 0 Å². The highest BCUT2D eigenvalue weighted by molar-refractivity contribution is 9.11. The van der Waals surface area contributed by atoms with E-state index in [0.717, 1.165) is 26.6 Å². The van der Waals surface area contributed by atoms with Gasteiger partial charge in [-0.05, 0) is 34.3 Å². The zero-order valence-electron chi connectivity index (χ0n) is 10.4. The Labute approximate surface area is 121 Å². The van der Waals surface area contributed by atoms with Crippen molar-refractivity contribution >= 4 is 45.3 Å². The van der Waals surface area contributed by atoms with Gasteiger partial charge in [0.1, 0.15) is 0 Å². The molecule has 1 rings (SSSR count). The number of carbonyl (C=O) groups is 1.